The number of likely N-dealkylation sites (tertiary alicyclic amines) is 1. The molecule has 0 unspecified atom stereocenters. The second-order valence-electron chi connectivity index (χ2n) is 6.18. The van der Waals surface area contributed by atoms with Gasteiger partial charge in [0.1, 0.15) is 0 Å². The minimum atomic E-state index is 0.120. The summed E-state index contributed by atoms with van der Waals surface area (Å²) < 4.78 is 0. The van der Waals surface area contributed by atoms with Crippen LogP contribution in [0.15, 0.2) is 0 Å². The van der Waals surface area contributed by atoms with Gasteiger partial charge in [-0.2, -0.15) is 0 Å². The first-order valence-corrected chi connectivity index (χ1v) is 9.21. The summed E-state index contributed by atoms with van der Waals surface area (Å²) in [6, 6.07) is 0. The summed E-state index contributed by atoms with van der Waals surface area (Å²) in [5.74, 6) is 0.406. The Labute approximate surface area is 154 Å². The summed E-state index contributed by atoms with van der Waals surface area (Å²) in [7, 11) is 5.67. The normalized spacial score (nSPS) is 18.3. The molecule has 0 radical (unpaired) electrons. The smallest absolute Gasteiger partial charge is 0.224 e. The summed E-state index contributed by atoms with van der Waals surface area (Å²) in [6.45, 7) is 9.25. The molecule has 3 N–H and O–H groups in total. The Morgan fingerprint density at radius 2 is 1.16 bits per heavy atom. The van der Waals surface area contributed by atoms with Crippen LogP contribution in [-0.4, -0.2) is 79.7 Å². The van der Waals surface area contributed by atoms with Gasteiger partial charge in [-0.3, -0.25) is 15.0 Å². The van der Waals surface area contributed by atoms with Crippen LogP contribution in [0.5, 0.6) is 0 Å². The molecule has 0 atom stereocenters. The topological polar surface area (TPSA) is 93.7 Å². The SMILES string of the molecule is CC.CC(=N)N.CN1CCC(=O)N(C)CCC1=O.CN1CCCCC1. The van der Waals surface area contributed by atoms with Crippen LogP contribution < -0.4 is 5.73 Å². The fraction of sp³-hybridized carbons (Fsp3) is 0.833. The zero-order chi connectivity index (χ0) is 19.8. The van der Waals surface area contributed by atoms with E-state index in [0.717, 1.165) is 0 Å². The van der Waals surface area contributed by atoms with Gasteiger partial charge in [0.2, 0.25) is 11.8 Å². The molecule has 0 bridgehead atoms. The van der Waals surface area contributed by atoms with Gasteiger partial charge in [-0.15, -0.1) is 0 Å². The third-order valence-corrected chi connectivity index (χ3v) is 3.75. The molecule has 0 aliphatic carbocycles. The summed E-state index contributed by atoms with van der Waals surface area (Å²) in [6.07, 6.45) is 5.16. The number of amidine groups is 1. The molecule has 2 rings (SSSR count). The standard InChI is InChI=1S/C8H14N2O2.C6H13N.C2H6N2.C2H6/c1-9-5-3-8(12)10(2)6-4-7(9)11;1-7-5-3-2-4-6-7;1-2(3)4;1-2/h3-6H2,1-2H3;2-6H2,1H3;1H3,(H3,3,4);1-2H3. The molecule has 2 aliphatic heterocycles. The second-order valence-corrected chi connectivity index (χ2v) is 6.18. The average molecular weight is 358 g/mol. The molecule has 0 aromatic heterocycles. The molecule has 2 amide bonds. The molecule has 2 fully saturated rings. The average Bonchev–Trinajstić information content (AvgIpc) is 2.58. The number of piperidine rings is 1. The molecule has 0 aromatic rings. The van der Waals surface area contributed by atoms with Crippen molar-refractivity contribution in [3.8, 4) is 0 Å². The molecule has 0 aromatic carbocycles. The van der Waals surface area contributed by atoms with Gasteiger partial charge in [0.15, 0.2) is 0 Å². The fourth-order valence-corrected chi connectivity index (χ4v) is 2.21. The number of nitrogens with one attached hydrogen (secondary N) is 1. The first-order chi connectivity index (χ1) is 11.7. The summed E-state index contributed by atoms with van der Waals surface area (Å²) in [5.41, 5.74) is 4.69. The van der Waals surface area contributed by atoms with Crippen molar-refractivity contribution < 1.29 is 9.59 Å². The minimum Gasteiger partial charge on any atom is -0.388 e. The number of nitrogens with zero attached hydrogens (tertiary/aromatic N) is 3. The third-order valence-electron chi connectivity index (χ3n) is 3.75. The molecule has 2 heterocycles. The molecule has 7 nitrogen and oxygen atoms in total. The Kier molecular flexibility index (Phi) is 16.3. The van der Waals surface area contributed by atoms with Gasteiger partial charge >= 0.3 is 0 Å². The first-order valence-electron chi connectivity index (χ1n) is 9.21. The molecule has 148 valence electrons. The van der Waals surface area contributed by atoms with E-state index in [1.54, 1.807) is 23.9 Å². The number of amides is 2. The quantitative estimate of drug-likeness (QED) is 0.510. The van der Waals surface area contributed by atoms with Gasteiger partial charge in [-0.05, 0) is 39.9 Å². The number of carbonyl (C=O) groups excluding carboxylic acids is 2. The Hall–Kier alpha value is -1.63. The molecule has 2 aliphatic rings. The lowest BCUT2D eigenvalue weighted by Crippen LogP contribution is -2.39. The maximum absolute atomic E-state index is 11.2. The van der Waals surface area contributed by atoms with Gasteiger partial charge < -0.3 is 20.4 Å². The molecular formula is C18H39N5O2. The highest BCUT2D eigenvalue weighted by Crippen LogP contribution is 2.04. The number of nitrogens with two attached hydrogens (primary N) is 1. The van der Waals surface area contributed by atoms with Crippen LogP contribution >= 0.6 is 0 Å². The van der Waals surface area contributed by atoms with Crippen LogP contribution in [0.2, 0.25) is 0 Å². The Balaban J connectivity index is 0. The molecule has 0 spiro atoms. The Morgan fingerprint density at radius 3 is 1.40 bits per heavy atom. The van der Waals surface area contributed by atoms with Crippen LogP contribution in [0, 0.1) is 5.41 Å². The minimum absolute atomic E-state index is 0.120. The lowest BCUT2D eigenvalue weighted by Gasteiger charge is -2.24. The van der Waals surface area contributed by atoms with Crippen molar-refractivity contribution in [3.63, 3.8) is 0 Å². The Morgan fingerprint density at radius 1 is 0.840 bits per heavy atom. The number of carbonyl (C=O) groups is 2. The zero-order valence-corrected chi connectivity index (χ0v) is 17.1. The lowest BCUT2D eigenvalue weighted by molar-refractivity contribution is -0.136. The first kappa shape index (κ1) is 25.6. The van der Waals surface area contributed by atoms with Crippen molar-refractivity contribution in [2.24, 2.45) is 5.73 Å². The molecular weight excluding hydrogens is 318 g/mol. The van der Waals surface area contributed by atoms with Crippen LogP contribution in [-0.2, 0) is 9.59 Å². The van der Waals surface area contributed by atoms with Crippen LogP contribution in [0.25, 0.3) is 0 Å². The lowest BCUT2D eigenvalue weighted by atomic mass is 10.1. The van der Waals surface area contributed by atoms with E-state index in [2.05, 4.69) is 11.9 Å². The highest BCUT2D eigenvalue weighted by Gasteiger charge is 2.18. The van der Waals surface area contributed by atoms with Gasteiger partial charge in [0.25, 0.3) is 0 Å². The number of hydrogen-bond donors (Lipinski definition) is 2. The van der Waals surface area contributed by atoms with Crippen LogP contribution in [0.4, 0.5) is 0 Å². The van der Waals surface area contributed by atoms with Crippen molar-refractivity contribution in [1.29, 1.82) is 5.41 Å². The van der Waals surface area contributed by atoms with Gasteiger partial charge in [0, 0.05) is 40.0 Å². The molecule has 7 heteroatoms. The molecule has 0 saturated carbocycles. The predicted molar refractivity (Wildman–Crippen MR) is 105 cm³/mol. The highest BCUT2D eigenvalue weighted by atomic mass is 16.2. The van der Waals surface area contributed by atoms with Crippen molar-refractivity contribution >= 4 is 17.6 Å². The van der Waals surface area contributed by atoms with Crippen LogP contribution in [0.1, 0.15) is 52.9 Å². The second kappa shape index (κ2) is 15.9. The van der Waals surface area contributed by atoms with Crippen LogP contribution in [0.3, 0.4) is 0 Å². The van der Waals surface area contributed by atoms with Crippen molar-refractivity contribution in [2.45, 2.75) is 52.9 Å². The predicted octanol–water partition coefficient (Wildman–Crippen LogP) is 1.77. The maximum Gasteiger partial charge on any atom is 0.224 e. The Bertz CT molecular complexity index is 356. The van der Waals surface area contributed by atoms with Crippen molar-refractivity contribution in [2.75, 3.05) is 47.3 Å². The number of rotatable bonds is 0. The van der Waals surface area contributed by atoms with E-state index < -0.39 is 0 Å². The van der Waals surface area contributed by atoms with E-state index in [1.165, 1.54) is 39.3 Å². The molecule has 2 saturated heterocycles. The van der Waals surface area contributed by atoms with E-state index in [-0.39, 0.29) is 17.6 Å². The maximum atomic E-state index is 11.2. The van der Waals surface area contributed by atoms with Crippen molar-refractivity contribution in [3.05, 3.63) is 0 Å². The highest BCUT2D eigenvalue weighted by molar-refractivity contribution is 5.81. The van der Waals surface area contributed by atoms with Crippen molar-refractivity contribution in [1.82, 2.24) is 14.7 Å². The van der Waals surface area contributed by atoms with E-state index in [0.29, 0.717) is 25.9 Å². The van der Waals surface area contributed by atoms with Gasteiger partial charge in [-0.1, -0.05) is 20.3 Å². The largest absolute Gasteiger partial charge is 0.388 e. The van der Waals surface area contributed by atoms with Gasteiger partial charge in [-0.25, -0.2) is 0 Å². The zero-order valence-electron chi connectivity index (χ0n) is 17.1. The molecule has 25 heavy (non-hydrogen) atoms. The van der Waals surface area contributed by atoms with Gasteiger partial charge in [0.05, 0.1) is 5.84 Å². The summed E-state index contributed by atoms with van der Waals surface area (Å²) in [5, 5.41) is 6.28. The van der Waals surface area contributed by atoms with E-state index >= 15 is 0 Å². The van der Waals surface area contributed by atoms with E-state index in [4.69, 9.17) is 11.1 Å². The van der Waals surface area contributed by atoms with E-state index in [1.807, 2.05) is 13.8 Å². The summed E-state index contributed by atoms with van der Waals surface area (Å²) in [4.78, 5) is 28.0. The van der Waals surface area contributed by atoms with E-state index in [9.17, 15) is 9.59 Å². The number of hydrogen-bond acceptors (Lipinski definition) is 4. The monoisotopic (exact) mass is 357 g/mol. The third kappa shape index (κ3) is 15.6. The fourth-order valence-electron chi connectivity index (χ4n) is 2.21. The summed E-state index contributed by atoms with van der Waals surface area (Å²) >= 11 is 0.